The quantitative estimate of drug-likeness (QED) is 0.850. The zero-order valence-electron chi connectivity index (χ0n) is 12.2. The largest absolute Gasteiger partial charge is 0.395 e. The Kier molecular flexibility index (Phi) is 5.35. The predicted molar refractivity (Wildman–Crippen MR) is 79.3 cm³/mol. The molecule has 1 fully saturated rings. The van der Waals surface area contributed by atoms with Gasteiger partial charge >= 0.3 is 0 Å². The zero-order chi connectivity index (χ0) is 15.2. The van der Waals surface area contributed by atoms with Gasteiger partial charge in [-0.3, -0.25) is 4.79 Å². The van der Waals surface area contributed by atoms with Crippen molar-refractivity contribution in [1.29, 1.82) is 0 Å². The van der Waals surface area contributed by atoms with Gasteiger partial charge in [0.2, 0.25) is 0 Å². The first-order valence-corrected chi connectivity index (χ1v) is 7.30. The summed E-state index contributed by atoms with van der Waals surface area (Å²) < 4.78 is 13.9. The van der Waals surface area contributed by atoms with Crippen LogP contribution in [-0.2, 0) is 0 Å². The van der Waals surface area contributed by atoms with Gasteiger partial charge in [-0.25, -0.2) is 4.39 Å². The third-order valence-corrected chi connectivity index (χ3v) is 3.61. The van der Waals surface area contributed by atoms with Crippen LogP contribution in [0.2, 0.25) is 0 Å². The number of hydrogen-bond acceptors (Lipinski definition) is 2. The molecule has 1 unspecified atom stereocenters. The molecule has 0 aromatic heterocycles. The number of hydrogen-bond donors (Lipinski definition) is 1. The lowest BCUT2D eigenvalue weighted by molar-refractivity contribution is 0.0678. The number of carbonyl (C=O) groups is 1. The molecule has 1 saturated heterocycles. The second-order valence-corrected chi connectivity index (χ2v) is 5.47. The van der Waals surface area contributed by atoms with Crippen LogP contribution in [0.4, 0.5) is 4.39 Å². The van der Waals surface area contributed by atoms with Gasteiger partial charge in [0.05, 0.1) is 12.2 Å². The topological polar surface area (TPSA) is 40.5 Å². The van der Waals surface area contributed by atoms with Gasteiger partial charge in [-0.05, 0) is 37.0 Å². The third kappa shape index (κ3) is 4.05. The van der Waals surface area contributed by atoms with E-state index in [1.165, 1.54) is 12.1 Å². The number of nitrogens with zero attached hydrogens (tertiary/aromatic N) is 1. The molecule has 21 heavy (non-hydrogen) atoms. The highest BCUT2D eigenvalue weighted by molar-refractivity contribution is 5.95. The van der Waals surface area contributed by atoms with Crippen LogP contribution < -0.4 is 0 Å². The van der Waals surface area contributed by atoms with E-state index in [-0.39, 0.29) is 18.1 Å². The summed E-state index contributed by atoms with van der Waals surface area (Å²) in [5.74, 6) is 5.30. The van der Waals surface area contributed by atoms with Crippen molar-refractivity contribution in [2.45, 2.75) is 26.2 Å². The minimum absolute atomic E-state index is 0.00829. The van der Waals surface area contributed by atoms with E-state index in [1.54, 1.807) is 11.0 Å². The first-order chi connectivity index (χ1) is 10.1. The Morgan fingerprint density at radius 3 is 3.05 bits per heavy atom. The summed E-state index contributed by atoms with van der Waals surface area (Å²) in [6.07, 6.45) is 2.44. The Balaban J connectivity index is 2.20. The van der Waals surface area contributed by atoms with Crippen LogP contribution in [0.25, 0.3) is 0 Å². The molecule has 1 aromatic carbocycles. The number of halogens is 1. The number of benzene rings is 1. The molecule has 0 radical (unpaired) electrons. The molecule has 3 nitrogen and oxygen atoms in total. The maximum atomic E-state index is 13.9. The molecule has 1 aliphatic heterocycles. The number of aliphatic hydroxyl groups excluding tert-OH is 1. The van der Waals surface area contributed by atoms with Crippen molar-refractivity contribution in [2.24, 2.45) is 5.92 Å². The Hall–Kier alpha value is -1.86. The lowest BCUT2D eigenvalue weighted by Crippen LogP contribution is -2.39. The molecule has 1 aromatic rings. The molecule has 1 aliphatic rings. The SMILES string of the molecule is CC1CCCN(C(=O)c2cc(C#CCCO)ccc2F)C1. The minimum Gasteiger partial charge on any atom is -0.395 e. The summed E-state index contributed by atoms with van der Waals surface area (Å²) in [5, 5.41) is 8.70. The van der Waals surface area contributed by atoms with Crippen molar-refractivity contribution in [1.82, 2.24) is 4.90 Å². The van der Waals surface area contributed by atoms with E-state index in [1.807, 2.05) is 0 Å². The average molecular weight is 289 g/mol. The highest BCUT2D eigenvalue weighted by atomic mass is 19.1. The smallest absolute Gasteiger partial charge is 0.256 e. The van der Waals surface area contributed by atoms with E-state index < -0.39 is 5.82 Å². The molecule has 1 amide bonds. The maximum Gasteiger partial charge on any atom is 0.256 e. The van der Waals surface area contributed by atoms with E-state index in [4.69, 9.17) is 5.11 Å². The predicted octanol–water partition coefficient (Wildman–Crippen LogP) is 2.43. The first-order valence-electron chi connectivity index (χ1n) is 7.30. The maximum absolute atomic E-state index is 13.9. The van der Waals surface area contributed by atoms with Crippen molar-refractivity contribution in [3.8, 4) is 11.8 Å². The van der Waals surface area contributed by atoms with Crippen molar-refractivity contribution in [2.75, 3.05) is 19.7 Å². The van der Waals surface area contributed by atoms with Crippen LogP contribution in [0.1, 0.15) is 42.1 Å². The molecule has 0 spiro atoms. The zero-order valence-corrected chi connectivity index (χ0v) is 12.2. The first kappa shape index (κ1) is 15.5. The summed E-state index contributed by atoms with van der Waals surface area (Å²) in [6, 6.07) is 4.33. The van der Waals surface area contributed by atoms with Gasteiger partial charge in [0.25, 0.3) is 5.91 Å². The highest BCUT2D eigenvalue weighted by Crippen LogP contribution is 2.19. The van der Waals surface area contributed by atoms with Crippen LogP contribution in [-0.4, -0.2) is 35.6 Å². The van der Waals surface area contributed by atoms with E-state index >= 15 is 0 Å². The van der Waals surface area contributed by atoms with Crippen LogP contribution in [0.5, 0.6) is 0 Å². The fraction of sp³-hybridized carbons (Fsp3) is 0.471. The van der Waals surface area contributed by atoms with Gasteiger partial charge in [-0.1, -0.05) is 18.8 Å². The van der Waals surface area contributed by atoms with Gasteiger partial charge in [0.15, 0.2) is 0 Å². The van der Waals surface area contributed by atoms with E-state index in [9.17, 15) is 9.18 Å². The van der Waals surface area contributed by atoms with Gasteiger partial charge in [-0.15, -0.1) is 0 Å². The summed E-state index contributed by atoms with van der Waals surface area (Å²) in [7, 11) is 0. The van der Waals surface area contributed by atoms with Crippen molar-refractivity contribution < 1.29 is 14.3 Å². The minimum atomic E-state index is -0.508. The number of carbonyl (C=O) groups excluding carboxylic acids is 1. The van der Waals surface area contributed by atoms with E-state index in [0.717, 1.165) is 12.8 Å². The summed E-state index contributed by atoms with van der Waals surface area (Å²) in [4.78, 5) is 14.2. The fourth-order valence-electron chi connectivity index (χ4n) is 2.53. The molecular weight excluding hydrogens is 269 g/mol. The number of likely N-dealkylation sites (tertiary alicyclic amines) is 1. The molecule has 1 N–H and O–H groups in total. The second-order valence-electron chi connectivity index (χ2n) is 5.47. The average Bonchev–Trinajstić information content (AvgIpc) is 2.48. The second kappa shape index (κ2) is 7.24. The Morgan fingerprint density at radius 2 is 2.33 bits per heavy atom. The summed E-state index contributed by atoms with van der Waals surface area (Å²) >= 11 is 0. The number of amides is 1. The fourth-order valence-corrected chi connectivity index (χ4v) is 2.53. The normalized spacial score (nSPS) is 18.0. The summed E-state index contributed by atoms with van der Waals surface area (Å²) in [6.45, 7) is 3.46. The van der Waals surface area contributed by atoms with Crippen molar-refractivity contribution >= 4 is 5.91 Å². The van der Waals surface area contributed by atoms with Gasteiger partial charge in [0, 0.05) is 25.1 Å². The molecule has 112 valence electrons. The monoisotopic (exact) mass is 289 g/mol. The summed E-state index contributed by atoms with van der Waals surface area (Å²) in [5.41, 5.74) is 0.679. The van der Waals surface area contributed by atoms with E-state index in [0.29, 0.717) is 31.0 Å². The molecule has 0 saturated carbocycles. The number of piperidine rings is 1. The molecule has 0 aliphatic carbocycles. The standard InChI is InChI=1S/C17H20FNO2/c1-13-5-4-9-19(12-13)17(21)15-11-14(6-2-3-10-20)7-8-16(15)18/h7-8,11,13,20H,3-5,9-10,12H2,1H3. The van der Waals surface area contributed by atoms with Gasteiger partial charge in [0.1, 0.15) is 5.82 Å². The molecule has 4 heteroatoms. The van der Waals surface area contributed by atoms with Gasteiger partial charge < -0.3 is 10.0 Å². The lowest BCUT2D eigenvalue weighted by atomic mass is 9.99. The molecule has 1 atom stereocenters. The van der Waals surface area contributed by atoms with E-state index in [2.05, 4.69) is 18.8 Å². The number of rotatable bonds is 2. The Labute approximate surface area is 124 Å². The molecular formula is C17H20FNO2. The van der Waals surface area contributed by atoms with Crippen LogP contribution in [0.3, 0.4) is 0 Å². The Morgan fingerprint density at radius 1 is 1.52 bits per heavy atom. The molecule has 1 heterocycles. The van der Waals surface area contributed by atoms with Gasteiger partial charge in [-0.2, -0.15) is 0 Å². The van der Waals surface area contributed by atoms with Crippen LogP contribution in [0.15, 0.2) is 18.2 Å². The highest BCUT2D eigenvalue weighted by Gasteiger charge is 2.24. The molecule has 0 bridgehead atoms. The van der Waals surface area contributed by atoms with Crippen LogP contribution >= 0.6 is 0 Å². The Bertz CT molecular complexity index is 574. The number of aliphatic hydroxyl groups is 1. The lowest BCUT2D eigenvalue weighted by Gasteiger charge is -2.31. The van der Waals surface area contributed by atoms with Crippen molar-refractivity contribution in [3.05, 3.63) is 35.1 Å². The third-order valence-electron chi connectivity index (χ3n) is 3.61. The van der Waals surface area contributed by atoms with Crippen LogP contribution in [0, 0.1) is 23.6 Å². The molecule has 2 rings (SSSR count). The van der Waals surface area contributed by atoms with Crippen molar-refractivity contribution in [3.63, 3.8) is 0 Å².